The van der Waals surface area contributed by atoms with Crippen molar-refractivity contribution in [1.29, 1.82) is 0 Å². The van der Waals surface area contributed by atoms with Crippen LogP contribution in [-0.2, 0) is 20.1 Å². The van der Waals surface area contributed by atoms with Crippen LogP contribution < -0.4 is 17.0 Å². The predicted molar refractivity (Wildman–Crippen MR) is 82.5 cm³/mol. The smallest absolute Gasteiger partial charge is 0.324 e. The van der Waals surface area contributed by atoms with Gasteiger partial charge in [0.1, 0.15) is 5.82 Å². The van der Waals surface area contributed by atoms with Gasteiger partial charge in [-0.25, -0.2) is 9.78 Å². The minimum Gasteiger partial charge on any atom is -0.324 e. The van der Waals surface area contributed by atoms with Crippen LogP contribution in [0.5, 0.6) is 0 Å². The molecule has 0 atom stereocenters. The van der Waals surface area contributed by atoms with Gasteiger partial charge in [0.15, 0.2) is 11.2 Å². The van der Waals surface area contributed by atoms with E-state index in [4.69, 9.17) is 5.73 Å². The number of fused-ring (bicyclic) bond motifs is 1. The van der Waals surface area contributed by atoms with Crippen molar-refractivity contribution in [1.82, 2.24) is 18.7 Å². The number of rotatable bonds is 4. The highest BCUT2D eigenvalue weighted by Crippen LogP contribution is 2.14. The monoisotopic (exact) mass is 293 g/mol. The third-order valence-electron chi connectivity index (χ3n) is 3.43. The van der Waals surface area contributed by atoms with Gasteiger partial charge in [-0.1, -0.05) is 6.92 Å². The molecule has 0 radical (unpaired) electrons. The van der Waals surface area contributed by atoms with Gasteiger partial charge in [-0.2, -0.15) is 0 Å². The zero-order chi connectivity index (χ0) is 15.9. The van der Waals surface area contributed by atoms with Crippen molar-refractivity contribution in [3.05, 3.63) is 26.7 Å². The number of aromatic nitrogens is 4. The molecular weight excluding hydrogens is 270 g/mol. The van der Waals surface area contributed by atoms with Crippen LogP contribution in [0.15, 0.2) is 9.59 Å². The van der Waals surface area contributed by atoms with Gasteiger partial charge in [-0.15, -0.1) is 0 Å². The van der Waals surface area contributed by atoms with E-state index in [2.05, 4.69) is 4.98 Å². The molecule has 2 heterocycles. The van der Waals surface area contributed by atoms with Crippen LogP contribution in [0, 0.1) is 6.92 Å². The molecule has 21 heavy (non-hydrogen) atoms. The van der Waals surface area contributed by atoms with Crippen molar-refractivity contribution in [2.45, 2.75) is 52.7 Å². The molecule has 0 amide bonds. The number of aryl methyl sites for hydroxylation is 2. The zero-order valence-corrected chi connectivity index (χ0v) is 13.3. The summed E-state index contributed by atoms with van der Waals surface area (Å²) in [6.45, 7) is 8.60. The van der Waals surface area contributed by atoms with Crippen molar-refractivity contribution < 1.29 is 0 Å². The Morgan fingerprint density at radius 3 is 2.38 bits per heavy atom. The fraction of sp³-hybridized carbons (Fsp3) is 0.643. The molecule has 0 fully saturated rings. The second kappa shape index (κ2) is 5.14. The molecule has 2 aromatic rings. The van der Waals surface area contributed by atoms with Gasteiger partial charge < -0.3 is 10.3 Å². The Morgan fingerprint density at radius 2 is 1.86 bits per heavy atom. The van der Waals surface area contributed by atoms with Gasteiger partial charge in [-0.3, -0.25) is 13.9 Å². The van der Waals surface area contributed by atoms with Crippen LogP contribution in [0.4, 0.5) is 0 Å². The van der Waals surface area contributed by atoms with E-state index in [1.165, 1.54) is 7.05 Å². The van der Waals surface area contributed by atoms with Gasteiger partial charge in [0.05, 0.1) is 0 Å². The Morgan fingerprint density at radius 1 is 1.24 bits per heavy atom. The molecule has 0 saturated carbocycles. The largest absolute Gasteiger partial charge is 0.332 e. The van der Waals surface area contributed by atoms with E-state index < -0.39 is 5.54 Å². The lowest BCUT2D eigenvalue weighted by atomic mass is 10.1. The first-order valence-corrected chi connectivity index (χ1v) is 7.13. The maximum atomic E-state index is 12.5. The average molecular weight is 293 g/mol. The second-order valence-electron chi connectivity index (χ2n) is 6.20. The summed E-state index contributed by atoms with van der Waals surface area (Å²) in [6, 6.07) is 0. The Bertz CT molecular complexity index is 789. The van der Waals surface area contributed by atoms with E-state index in [0.29, 0.717) is 30.1 Å². The van der Waals surface area contributed by atoms with Crippen molar-refractivity contribution in [2.75, 3.05) is 0 Å². The van der Waals surface area contributed by atoms with Crippen LogP contribution in [0.1, 0.15) is 33.0 Å². The fourth-order valence-electron chi connectivity index (χ4n) is 2.49. The Hall–Kier alpha value is -1.89. The Kier molecular flexibility index (Phi) is 3.79. The number of nitrogens with zero attached hydrogens (tertiary/aromatic N) is 4. The summed E-state index contributed by atoms with van der Waals surface area (Å²) in [5, 5.41) is 0. The second-order valence-corrected chi connectivity index (χ2v) is 6.20. The molecular formula is C14H23N5O2. The van der Waals surface area contributed by atoms with E-state index in [9.17, 15) is 9.59 Å². The summed E-state index contributed by atoms with van der Waals surface area (Å²) in [4.78, 5) is 29.2. The maximum Gasteiger partial charge on any atom is 0.332 e. The molecule has 0 aliphatic heterocycles. The lowest BCUT2D eigenvalue weighted by Crippen LogP contribution is -2.41. The zero-order valence-electron chi connectivity index (χ0n) is 13.3. The first kappa shape index (κ1) is 15.5. The van der Waals surface area contributed by atoms with Gasteiger partial charge in [0.25, 0.3) is 5.56 Å². The van der Waals surface area contributed by atoms with Crippen LogP contribution in [0.2, 0.25) is 0 Å². The highest BCUT2D eigenvalue weighted by Gasteiger charge is 2.21. The first-order chi connectivity index (χ1) is 9.67. The Balaban J connectivity index is 2.89. The first-order valence-electron chi connectivity index (χ1n) is 7.13. The predicted octanol–water partition coefficient (Wildman–Crippen LogP) is 0.352. The topological polar surface area (TPSA) is 87.8 Å². The molecule has 0 aromatic carbocycles. The summed E-state index contributed by atoms with van der Waals surface area (Å²) >= 11 is 0. The van der Waals surface area contributed by atoms with E-state index in [-0.39, 0.29) is 11.2 Å². The molecule has 0 bridgehead atoms. The molecule has 7 heteroatoms. The highest BCUT2D eigenvalue weighted by atomic mass is 16.2. The number of hydrogen-bond donors (Lipinski definition) is 1. The summed E-state index contributed by atoms with van der Waals surface area (Å²) in [6.07, 6.45) is 0.793. The normalized spacial score (nSPS) is 12.3. The molecule has 0 unspecified atom stereocenters. The molecule has 0 aliphatic rings. The molecule has 0 saturated heterocycles. The number of nitrogens with two attached hydrogens (primary N) is 1. The van der Waals surface area contributed by atoms with Crippen molar-refractivity contribution in [2.24, 2.45) is 12.8 Å². The summed E-state index contributed by atoms with van der Waals surface area (Å²) in [5.74, 6) is 0.691. The number of imidazole rings is 1. The van der Waals surface area contributed by atoms with E-state index in [1.807, 2.05) is 32.3 Å². The highest BCUT2D eigenvalue weighted by molar-refractivity contribution is 5.71. The molecule has 0 aliphatic carbocycles. The SMILES string of the molecule is CCCn1c(=O)n(C)c(=O)c2c1nc(C)n2CC(C)(C)N. The molecule has 2 N–H and O–H groups in total. The van der Waals surface area contributed by atoms with Crippen LogP contribution in [-0.4, -0.2) is 24.2 Å². The van der Waals surface area contributed by atoms with Crippen molar-refractivity contribution >= 4 is 11.2 Å². The summed E-state index contributed by atoms with van der Waals surface area (Å²) in [5.41, 5.74) is 5.84. The number of hydrogen-bond acceptors (Lipinski definition) is 4. The minimum atomic E-state index is -0.477. The van der Waals surface area contributed by atoms with E-state index >= 15 is 0 Å². The Labute approximate surface area is 123 Å². The van der Waals surface area contributed by atoms with E-state index in [1.54, 1.807) is 4.57 Å². The van der Waals surface area contributed by atoms with Crippen LogP contribution >= 0.6 is 0 Å². The van der Waals surface area contributed by atoms with Gasteiger partial charge in [0.2, 0.25) is 0 Å². The quantitative estimate of drug-likeness (QED) is 0.881. The lowest BCUT2D eigenvalue weighted by molar-refractivity contribution is 0.434. The van der Waals surface area contributed by atoms with Crippen LogP contribution in [0.25, 0.3) is 11.2 Å². The standard InChI is InChI=1S/C14H23N5O2/c1-6-7-18-11-10(12(20)17(5)13(18)21)19(9(2)16-11)8-14(3,4)15/h6-8,15H2,1-5H3. The molecule has 116 valence electrons. The van der Waals surface area contributed by atoms with Crippen molar-refractivity contribution in [3.63, 3.8) is 0 Å². The minimum absolute atomic E-state index is 0.327. The third kappa shape index (κ3) is 2.65. The van der Waals surface area contributed by atoms with Crippen LogP contribution in [0.3, 0.4) is 0 Å². The van der Waals surface area contributed by atoms with E-state index in [0.717, 1.165) is 11.0 Å². The molecule has 7 nitrogen and oxygen atoms in total. The molecule has 2 aromatic heterocycles. The van der Waals surface area contributed by atoms with Gasteiger partial charge in [-0.05, 0) is 27.2 Å². The molecule has 2 rings (SSSR count). The lowest BCUT2D eigenvalue weighted by Gasteiger charge is -2.20. The van der Waals surface area contributed by atoms with Gasteiger partial charge >= 0.3 is 5.69 Å². The maximum absolute atomic E-state index is 12.5. The third-order valence-corrected chi connectivity index (χ3v) is 3.43. The average Bonchev–Trinajstić information content (AvgIpc) is 2.67. The summed E-state index contributed by atoms with van der Waals surface area (Å²) < 4.78 is 4.51. The fourth-order valence-corrected chi connectivity index (χ4v) is 2.49. The molecule has 0 spiro atoms. The van der Waals surface area contributed by atoms with Crippen molar-refractivity contribution in [3.8, 4) is 0 Å². The summed E-state index contributed by atoms with van der Waals surface area (Å²) in [7, 11) is 1.50. The van der Waals surface area contributed by atoms with Gasteiger partial charge in [0, 0.05) is 25.7 Å².